The van der Waals surface area contributed by atoms with Crippen molar-refractivity contribution in [3.05, 3.63) is 59.2 Å². The zero-order chi connectivity index (χ0) is 18.1. The number of carbonyl (C=O) groups is 1. The van der Waals surface area contributed by atoms with Crippen molar-refractivity contribution in [2.75, 3.05) is 5.32 Å². The Labute approximate surface area is 133 Å². The van der Waals surface area contributed by atoms with Gasteiger partial charge in [-0.2, -0.15) is 13.2 Å². The zero-order valence-corrected chi connectivity index (χ0v) is 12.3. The van der Waals surface area contributed by atoms with Gasteiger partial charge in [0.15, 0.2) is 0 Å². The van der Waals surface area contributed by atoms with Gasteiger partial charge in [-0.3, -0.25) is 4.79 Å². The van der Waals surface area contributed by atoms with E-state index < -0.39 is 30.1 Å². The van der Waals surface area contributed by atoms with Crippen molar-refractivity contribution in [1.82, 2.24) is 0 Å². The molecule has 2 aromatic rings. The molecule has 0 aliphatic heterocycles. The number of amides is 1. The Balaban J connectivity index is 2.28. The number of carbonyl (C=O) groups excluding carboxylic acids is 1. The summed E-state index contributed by atoms with van der Waals surface area (Å²) in [7, 11) is 0. The smallest absolute Gasteiger partial charge is 0.445 e. The van der Waals surface area contributed by atoms with E-state index in [0.29, 0.717) is 6.07 Å². The molecule has 24 heavy (non-hydrogen) atoms. The van der Waals surface area contributed by atoms with Crippen molar-refractivity contribution in [2.45, 2.75) is 13.1 Å². The number of rotatable bonds is 3. The van der Waals surface area contributed by atoms with Crippen molar-refractivity contribution in [1.29, 1.82) is 0 Å². The number of aryl methyl sites for hydroxylation is 1. The van der Waals surface area contributed by atoms with Gasteiger partial charge in [0.1, 0.15) is 0 Å². The fourth-order valence-corrected chi connectivity index (χ4v) is 2.11. The Hall–Kier alpha value is -2.45. The third-order valence-electron chi connectivity index (χ3n) is 3.34. The maximum Gasteiger partial charge on any atom is 0.509 e. The zero-order valence-electron chi connectivity index (χ0n) is 12.3. The van der Waals surface area contributed by atoms with Crippen LogP contribution in [0.2, 0.25) is 0 Å². The van der Waals surface area contributed by atoms with Gasteiger partial charge in [0.05, 0.1) is 5.56 Å². The van der Waals surface area contributed by atoms with Gasteiger partial charge < -0.3 is 18.3 Å². The lowest BCUT2D eigenvalue weighted by molar-refractivity contribution is -0.137. The van der Waals surface area contributed by atoms with Crippen molar-refractivity contribution in [2.24, 2.45) is 0 Å². The minimum Gasteiger partial charge on any atom is -0.445 e. The van der Waals surface area contributed by atoms with E-state index in [4.69, 9.17) is 0 Å². The third kappa shape index (κ3) is 4.09. The van der Waals surface area contributed by atoms with Crippen LogP contribution in [0.5, 0.6) is 0 Å². The second-order valence-electron chi connectivity index (χ2n) is 5.18. The SMILES string of the molecule is Cc1ccc(NC(=O)c2cccc(C(F)(F)F)c2)cc1[B-](F)(F)F. The van der Waals surface area contributed by atoms with Gasteiger partial charge >= 0.3 is 13.2 Å². The predicted molar refractivity (Wildman–Crippen MR) is 79.3 cm³/mol. The summed E-state index contributed by atoms with van der Waals surface area (Å²) in [4.78, 5) is 12.0. The van der Waals surface area contributed by atoms with Gasteiger partial charge in [0.2, 0.25) is 0 Å². The fourth-order valence-electron chi connectivity index (χ4n) is 2.11. The van der Waals surface area contributed by atoms with Crippen LogP contribution in [0.3, 0.4) is 0 Å². The fraction of sp³-hybridized carbons (Fsp3) is 0.133. The van der Waals surface area contributed by atoms with Crippen LogP contribution in [0.4, 0.5) is 31.8 Å². The molecule has 0 bridgehead atoms. The van der Waals surface area contributed by atoms with Crippen LogP contribution in [0.25, 0.3) is 0 Å². The molecule has 1 amide bonds. The average molecular weight is 346 g/mol. The predicted octanol–water partition coefficient (Wildman–Crippen LogP) is 4.32. The molecule has 0 fully saturated rings. The molecule has 0 saturated carbocycles. The van der Waals surface area contributed by atoms with E-state index in [0.717, 1.165) is 24.3 Å². The van der Waals surface area contributed by atoms with Gasteiger partial charge in [0.25, 0.3) is 5.91 Å². The number of halogens is 6. The minimum atomic E-state index is -5.26. The highest BCUT2D eigenvalue weighted by molar-refractivity contribution is 6.74. The molecule has 2 nitrogen and oxygen atoms in total. The monoisotopic (exact) mass is 346 g/mol. The Bertz CT molecular complexity index is 769. The number of nitrogens with one attached hydrogen (secondary N) is 1. The van der Waals surface area contributed by atoms with Crippen molar-refractivity contribution >= 4 is 24.0 Å². The standard InChI is InChI=1S/C15H11BF6NO/c1-9-5-6-12(8-13(9)16(20,21)22)23-14(24)10-3-2-4-11(7-10)15(17,18)19/h2-8H,1H3,(H,23,24)/q-1. The maximum atomic E-state index is 12.9. The molecule has 2 aromatic carbocycles. The van der Waals surface area contributed by atoms with Crippen molar-refractivity contribution in [3.63, 3.8) is 0 Å². The summed E-state index contributed by atoms with van der Waals surface area (Å²) in [6, 6.07) is 6.84. The quantitative estimate of drug-likeness (QED) is 0.651. The van der Waals surface area contributed by atoms with Crippen LogP contribution in [-0.2, 0) is 6.18 Å². The molecule has 0 aliphatic carbocycles. The summed E-state index contributed by atoms with van der Waals surface area (Å²) in [5.41, 5.74) is -2.32. The first-order valence-electron chi connectivity index (χ1n) is 6.77. The molecule has 0 aromatic heterocycles. The van der Waals surface area contributed by atoms with Crippen LogP contribution in [0.15, 0.2) is 42.5 Å². The third-order valence-corrected chi connectivity index (χ3v) is 3.34. The average Bonchev–Trinajstić information content (AvgIpc) is 2.47. The lowest BCUT2D eigenvalue weighted by Crippen LogP contribution is -2.36. The number of alkyl halides is 3. The van der Waals surface area contributed by atoms with Gasteiger partial charge in [0, 0.05) is 11.3 Å². The number of hydrogen-bond acceptors (Lipinski definition) is 1. The molecular formula is C15H11BF6NO-. The molecule has 0 atom stereocenters. The highest BCUT2D eigenvalue weighted by Crippen LogP contribution is 2.29. The lowest BCUT2D eigenvalue weighted by Gasteiger charge is -2.19. The molecule has 0 spiro atoms. The van der Waals surface area contributed by atoms with Crippen molar-refractivity contribution < 1.29 is 30.9 Å². The molecule has 128 valence electrons. The van der Waals surface area contributed by atoms with E-state index in [-0.39, 0.29) is 16.8 Å². The molecule has 0 radical (unpaired) electrons. The Kier molecular flexibility index (Phi) is 4.64. The van der Waals surface area contributed by atoms with Crippen LogP contribution in [0.1, 0.15) is 21.5 Å². The first-order valence-corrected chi connectivity index (χ1v) is 6.77. The van der Waals surface area contributed by atoms with E-state index in [2.05, 4.69) is 5.32 Å². The van der Waals surface area contributed by atoms with Crippen LogP contribution >= 0.6 is 0 Å². The largest absolute Gasteiger partial charge is 0.509 e. The number of anilines is 1. The maximum absolute atomic E-state index is 12.9. The molecule has 9 heteroatoms. The van der Waals surface area contributed by atoms with E-state index >= 15 is 0 Å². The summed E-state index contributed by atoms with van der Waals surface area (Å²) >= 11 is 0. The molecule has 0 saturated heterocycles. The van der Waals surface area contributed by atoms with Gasteiger partial charge in [-0.1, -0.05) is 23.8 Å². The number of hydrogen-bond donors (Lipinski definition) is 1. The Morgan fingerprint density at radius 1 is 1.04 bits per heavy atom. The normalized spacial score (nSPS) is 12.1. The Morgan fingerprint density at radius 3 is 2.29 bits per heavy atom. The van der Waals surface area contributed by atoms with Gasteiger partial charge in [-0.25, -0.2) is 0 Å². The Morgan fingerprint density at radius 2 is 1.71 bits per heavy atom. The summed E-state index contributed by atoms with van der Waals surface area (Å²) in [6.07, 6.45) is -4.62. The molecule has 1 N–H and O–H groups in total. The minimum absolute atomic E-state index is 0.000400. The van der Waals surface area contributed by atoms with Crippen LogP contribution in [-0.4, -0.2) is 12.9 Å². The first kappa shape index (κ1) is 17.9. The molecule has 0 heterocycles. The highest BCUT2D eigenvalue weighted by atomic mass is 19.4. The summed E-state index contributed by atoms with van der Waals surface area (Å²) in [5, 5.41) is 2.18. The molecule has 2 rings (SSSR count). The van der Waals surface area contributed by atoms with E-state index in [1.807, 2.05) is 0 Å². The first-order chi connectivity index (χ1) is 11.0. The summed E-state index contributed by atoms with van der Waals surface area (Å²) < 4.78 is 76.6. The van der Waals surface area contributed by atoms with E-state index in [1.165, 1.54) is 19.1 Å². The van der Waals surface area contributed by atoms with E-state index in [1.54, 1.807) is 0 Å². The van der Waals surface area contributed by atoms with Crippen LogP contribution < -0.4 is 10.8 Å². The van der Waals surface area contributed by atoms with Crippen LogP contribution in [0, 0.1) is 6.92 Å². The second-order valence-corrected chi connectivity index (χ2v) is 5.18. The molecule has 0 aliphatic rings. The summed E-state index contributed by atoms with van der Waals surface area (Å²) in [6.45, 7) is -3.98. The summed E-state index contributed by atoms with van der Waals surface area (Å²) in [5.74, 6) is -0.925. The second kappa shape index (κ2) is 6.22. The molecular weight excluding hydrogens is 335 g/mol. The van der Waals surface area contributed by atoms with Gasteiger partial charge in [-0.05, 0) is 31.2 Å². The lowest BCUT2D eigenvalue weighted by atomic mass is 9.77. The van der Waals surface area contributed by atoms with Crippen molar-refractivity contribution in [3.8, 4) is 0 Å². The molecule has 0 unspecified atom stereocenters. The van der Waals surface area contributed by atoms with Gasteiger partial charge in [-0.15, -0.1) is 5.46 Å². The van der Waals surface area contributed by atoms with E-state index in [9.17, 15) is 30.9 Å². The number of benzene rings is 2. The topological polar surface area (TPSA) is 29.1 Å². The highest BCUT2D eigenvalue weighted by Gasteiger charge is 2.31.